The minimum absolute atomic E-state index is 0.759. The topological polar surface area (TPSA) is 17.1 Å². The van der Waals surface area contributed by atoms with Crippen LogP contribution in [-0.4, -0.2) is 6.29 Å². The molecule has 0 aliphatic carbocycles. The van der Waals surface area contributed by atoms with Gasteiger partial charge in [0.1, 0.15) is 0 Å². The highest BCUT2D eigenvalue weighted by Crippen LogP contribution is 2.27. The zero-order valence-electron chi connectivity index (χ0n) is 7.57. The Bertz CT molecular complexity index is 457. The molecule has 2 rings (SSSR count). The second-order valence-electron chi connectivity index (χ2n) is 3.02. The first kappa shape index (κ1) is 9.16. The summed E-state index contributed by atoms with van der Waals surface area (Å²) >= 11 is 1.50. The fourth-order valence-electron chi connectivity index (χ4n) is 1.30. The molecule has 0 aliphatic rings. The van der Waals surface area contributed by atoms with Crippen molar-refractivity contribution in [2.45, 2.75) is 0 Å². The van der Waals surface area contributed by atoms with E-state index in [2.05, 4.69) is 6.92 Å². The minimum Gasteiger partial charge on any atom is -0.297 e. The third-order valence-electron chi connectivity index (χ3n) is 1.95. The summed E-state index contributed by atoms with van der Waals surface area (Å²) in [6.45, 7) is 3.87. The molecular formula is C12H9OS. The Morgan fingerprint density at radius 2 is 2.07 bits per heavy atom. The molecule has 0 unspecified atom stereocenters. The second kappa shape index (κ2) is 3.76. The van der Waals surface area contributed by atoms with Crippen LogP contribution in [0.5, 0.6) is 0 Å². The van der Waals surface area contributed by atoms with Gasteiger partial charge < -0.3 is 0 Å². The Morgan fingerprint density at radius 3 is 2.71 bits per heavy atom. The monoisotopic (exact) mass is 201 g/mol. The molecule has 2 aromatic rings. The van der Waals surface area contributed by atoms with E-state index in [-0.39, 0.29) is 0 Å². The Kier molecular flexibility index (Phi) is 2.46. The SMILES string of the molecule is [CH2]c1cccc(-c2ccc(C=O)s2)c1. The summed E-state index contributed by atoms with van der Waals surface area (Å²) in [5.41, 5.74) is 2.11. The van der Waals surface area contributed by atoms with Gasteiger partial charge in [0, 0.05) is 4.88 Å². The molecule has 1 radical (unpaired) electrons. The minimum atomic E-state index is 0.759. The van der Waals surface area contributed by atoms with Crippen LogP contribution in [0.15, 0.2) is 36.4 Å². The lowest BCUT2D eigenvalue weighted by molar-refractivity contribution is 0.112. The third-order valence-corrected chi connectivity index (χ3v) is 3.01. The number of thiophene rings is 1. The van der Waals surface area contributed by atoms with E-state index in [4.69, 9.17) is 0 Å². The van der Waals surface area contributed by atoms with Crippen molar-refractivity contribution in [1.29, 1.82) is 0 Å². The molecule has 0 amide bonds. The average Bonchev–Trinajstić information content (AvgIpc) is 2.66. The first-order valence-corrected chi connectivity index (χ1v) is 5.08. The number of carbonyl (C=O) groups excluding carboxylic acids is 1. The molecule has 1 aromatic carbocycles. The molecule has 0 spiro atoms. The van der Waals surface area contributed by atoms with Crippen molar-refractivity contribution in [3.8, 4) is 10.4 Å². The Hall–Kier alpha value is -1.41. The van der Waals surface area contributed by atoms with Crippen LogP contribution in [0, 0.1) is 6.92 Å². The molecule has 2 heteroatoms. The van der Waals surface area contributed by atoms with E-state index < -0.39 is 0 Å². The van der Waals surface area contributed by atoms with Gasteiger partial charge in [0.15, 0.2) is 6.29 Å². The number of aldehydes is 1. The van der Waals surface area contributed by atoms with Gasteiger partial charge in [-0.3, -0.25) is 4.79 Å². The maximum Gasteiger partial charge on any atom is 0.160 e. The Balaban J connectivity index is 2.43. The molecule has 0 bridgehead atoms. The van der Waals surface area contributed by atoms with E-state index >= 15 is 0 Å². The molecule has 0 atom stereocenters. The molecule has 69 valence electrons. The lowest BCUT2D eigenvalue weighted by Gasteiger charge is -1.97. The third kappa shape index (κ3) is 1.75. The van der Waals surface area contributed by atoms with E-state index in [1.54, 1.807) is 0 Å². The highest BCUT2D eigenvalue weighted by molar-refractivity contribution is 7.17. The Labute approximate surface area is 87.0 Å². The van der Waals surface area contributed by atoms with Gasteiger partial charge in [-0.1, -0.05) is 24.3 Å². The van der Waals surface area contributed by atoms with Crippen molar-refractivity contribution < 1.29 is 4.79 Å². The van der Waals surface area contributed by atoms with Crippen molar-refractivity contribution >= 4 is 17.6 Å². The summed E-state index contributed by atoms with van der Waals surface area (Å²) in [5, 5.41) is 0. The van der Waals surface area contributed by atoms with Crippen molar-refractivity contribution in [1.82, 2.24) is 0 Å². The van der Waals surface area contributed by atoms with E-state index in [1.807, 2.05) is 36.4 Å². The molecule has 0 saturated heterocycles. The largest absolute Gasteiger partial charge is 0.297 e. The number of rotatable bonds is 2. The van der Waals surface area contributed by atoms with Crippen LogP contribution in [-0.2, 0) is 0 Å². The normalized spacial score (nSPS) is 10.1. The van der Waals surface area contributed by atoms with E-state index in [0.717, 1.165) is 27.2 Å². The maximum absolute atomic E-state index is 10.5. The summed E-state index contributed by atoms with van der Waals surface area (Å²) in [6.07, 6.45) is 0.877. The van der Waals surface area contributed by atoms with E-state index in [1.165, 1.54) is 11.3 Å². The molecule has 1 heterocycles. The molecule has 14 heavy (non-hydrogen) atoms. The van der Waals surface area contributed by atoms with E-state index in [0.29, 0.717) is 0 Å². The van der Waals surface area contributed by atoms with Crippen LogP contribution in [0.25, 0.3) is 10.4 Å². The molecule has 0 fully saturated rings. The molecule has 0 N–H and O–H groups in total. The summed E-state index contributed by atoms with van der Waals surface area (Å²) in [6, 6.07) is 11.8. The van der Waals surface area contributed by atoms with Gasteiger partial charge in [-0.2, -0.15) is 0 Å². The number of carbonyl (C=O) groups is 1. The van der Waals surface area contributed by atoms with Crippen LogP contribution in [0.4, 0.5) is 0 Å². The summed E-state index contributed by atoms with van der Waals surface area (Å²) in [4.78, 5) is 12.4. The quantitative estimate of drug-likeness (QED) is 0.680. The molecule has 0 saturated carbocycles. The van der Waals surface area contributed by atoms with Crippen LogP contribution in [0.1, 0.15) is 15.2 Å². The van der Waals surface area contributed by atoms with Gasteiger partial charge >= 0.3 is 0 Å². The summed E-state index contributed by atoms with van der Waals surface area (Å²) in [5.74, 6) is 0. The first-order chi connectivity index (χ1) is 6.79. The Morgan fingerprint density at radius 1 is 1.21 bits per heavy atom. The van der Waals surface area contributed by atoms with Gasteiger partial charge in [0.2, 0.25) is 0 Å². The van der Waals surface area contributed by atoms with Crippen molar-refractivity contribution in [3.05, 3.63) is 53.8 Å². The second-order valence-corrected chi connectivity index (χ2v) is 4.14. The smallest absolute Gasteiger partial charge is 0.160 e. The van der Waals surface area contributed by atoms with Crippen molar-refractivity contribution in [2.75, 3.05) is 0 Å². The van der Waals surface area contributed by atoms with Crippen LogP contribution >= 0.6 is 11.3 Å². The lowest BCUT2D eigenvalue weighted by atomic mass is 10.1. The first-order valence-electron chi connectivity index (χ1n) is 4.27. The number of hydrogen-bond donors (Lipinski definition) is 0. The lowest BCUT2D eigenvalue weighted by Crippen LogP contribution is -1.73. The van der Waals surface area contributed by atoms with Gasteiger partial charge in [-0.05, 0) is 30.2 Å². The summed E-state index contributed by atoms with van der Waals surface area (Å²) < 4.78 is 0. The highest BCUT2D eigenvalue weighted by Gasteiger charge is 2.01. The van der Waals surface area contributed by atoms with Crippen molar-refractivity contribution in [3.63, 3.8) is 0 Å². The standard InChI is InChI=1S/C12H9OS/c1-9-3-2-4-10(7-9)12-6-5-11(8-13)14-12/h2-8H,1H2. The predicted octanol–water partition coefficient (Wildman–Crippen LogP) is 3.41. The number of benzene rings is 1. The summed E-state index contributed by atoms with van der Waals surface area (Å²) in [7, 11) is 0. The zero-order chi connectivity index (χ0) is 9.97. The van der Waals surface area contributed by atoms with Crippen LogP contribution in [0.3, 0.4) is 0 Å². The average molecular weight is 201 g/mol. The van der Waals surface area contributed by atoms with E-state index in [9.17, 15) is 4.79 Å². The van der Waals surface area contributed by atoms with Gasteiger partial charge in [0.25, 0.3) is 0 Å². The molecule has 1 nitrogen and oxygen atoms in total. The maximum atomic E-state index is 10.5. The fourth-order valence-corrected chi connectivity index (χ4v) is 2.11. The van der Waals surface area contributed by atoms with Crippen molar-refractivity contribution in [2.24, 2.45) is 0 Å². The number of hydrogen-bond acceptors (Lipinski definition) is 2. The fraction of sp³-hybridized carbons (Fsp3) is 0. The predicted molar refractivity (Wildman–Crippen MR) is 59.6 cm³/mol. The molecular weight excluding hydrogens is 192 g/mol. The molecule has 1 aromatic heterocycles. The zero-order valence-corrected chi connectivity index (χ0v) is 8.38. The highest BCUT2D eigenvalue weighted by atomic mass is 32.1. The van der Waals surface area contributed by atoms with Crippen LogP contribution in [0.2, 0.25) is 0 Å². The van der Waals surface area contributed by atoms with Gasteiger partial charge in [-0.15, -0.1) is 11.3 Å². The van der Waals surface area contributed by atoms with Gasteiger partial charge in [-0.25, -0.2) is 0 Å². The van der Waals surface area contributed by atoms with Gasteiger partial charge in [0.05, 0.1) is 4.88 Å². The van der Waals surface area contributed by atoms with Crippen LogP contribution < -0.4 is 0 Å². The molecule has 0 aliphatic heterocycles.